The average Bonchev–Trinajstić information content (AvgIpc) is 3.12. The monoisotopic (exact) mass is 447 g/mol. The fraction of sp³-hybridized carbons (Fsp3) is 0.481. The second-order valence-electron chi connectivity index (χ2n) is 10.3. The van der Waals surface area contributed by atoms with E-state index in [1.54, 1.807) is 0 Å². The van der Waals surface area contributed by atoms with Gasteiger partial charge in [-0.3, -0.25) is 0 Å². The van der Waals surface area contributed by atoms with Gasteiger partial charge >= 0.3 is 0 Å². The molecule has 6 heteroatoms. The fourth-order valence-electron chi connectivity index (χ4n) is 5.18. The highest BCUT2D eigenvalue weighted by atomic mass is 16.3. The van der Waals surface area contributed by atoms with E-state index < -0.39 is 5.60 Å². The third-order valence-electron chi connectivity index (χ3n) is 6.59. The molecule has 6 nitrogen and oxygen atoms in total. The molecular formula is C27H37N5O. The maximum absolute atomic E-state index is 10.2. The van der Waals surface area contributed by atoms with Crippen molar-refractivity contribution in [1.82, 2.24) is 14.9 Å². The maximum atomic E-state index is 10.2. The molecule has 0 radical (unpaired) electrons. The zero-order chi connectivity index (χ0) is 23.8. The predicted octanol–water partition coefficient (Wildman–Crippen LogP) is 5.23. The number of aromatic amines is 1. The van der Waals surface area contributed by atoms with Crippen molar-refractivity contribution in [2.75, 3.05) is 19.6 Å². The molecule has 1 aromatic carbocycles. The van der Waals surface area contributed by atoms with E-state index in [0.29, 0.717) is 17.7 Å². The van der Waals surface area contributed by atoms with Crippen LogP contribution >= 0.6 is 0 Å². The number of benzene rings is 1. The summed E-state index contributed by atoms with van der Waals surface area (Å²) in [6, 6.07) is 11.0. The van der Waals surface area contributed by atoms with E-state index in [1.807, 2.05) is 26.8 Å². The minimum Gasteiger partial charge on any atom is -0.390 e. The van der Waals surface area contributed by atoms with E-state index in [2.05, 4.69) is 58.0 Å². The Kier molecular flexibility index (Phi) is 6.59. The normalized spacial score (nSPS) is 16.5. The highest BCUT2D eigenvalue weighted by Crippen LogP contribution is 2.40. The number of nitrogens with zero attached hydrogens (tertiary/aromatic N) is 3. The quantitative estimate of drug-likeness (QED) is 0.356. The number of H-pyrrole nitrogens is 1. The largest absolute Gasteiger partial charge is 0.390 e. The molecule has 2 aromatic heterocycles. The smallest absolute Gasteiger partial charge is 0.163 e. The first-order valence-corrected chi connectivity index (χ1v) is 12.0. The van der Waals surface area contributed by atoms with Crippen LogP contribution in [0.3, 0.4) is 0 Å². The van der Waals surface area contributed by atoms with Gasteiger partial charge in [0.15, 0.2) is 5.82 Å². The summed E-state index contributed by atoms with van der Waals surface area (Å²) in [6.45, 7) is 13.0. The van der Waals surface area contributed by atoms with Crippen LogP contribution in [0.2, 0.25) is 0 Å². The summed E-state index contributed by atoms with van der Waals surface area (Å²) < 4.78 is 0. The number of nitrogens with two attached hydrogens (primary N) is 1. The van der Waals surface area contributed by atoms with Gasteiger partial charge in [-0.05, 0) is 93.9 Å². The Hall–Kier alpha value is -2.70. The molecule has 1 saturated heterocycles. The molecule has 33 heavy (non-hydrogen) atoms. The van der Waals surface area contributed by atoms with Crippen LogP contribution in [0.4, 0.5) is 5.82 Å². The molecule has 0 saturated carbocycles. The van der Waals surface area contributed by atoms with Gasteiger partial charge in [-0.25, -0.2) is 9.98 Å². The van der Waals surface area contributed by atoms with Gasteiger partial charge in [0.25, 0.3) is 0 Å². The Morgan fingerprint density at radius 1 is 1.24 bits per heavy atom. The standard InChI is InChI=1S/C27H37N5O/c1-17(2)24-22-14-20(19-10-12-32(13-11-19)15-27(4,5)33)7-9-23(22)31-25(24)21-8-6-18(3)30-26(21)29-16-28/h6-9,14,16-17,19,31,33H,10-13,15H2,1-5H3,(H2,28,29,30). The van der Waals surface area contributed by atoms with Gasteiger partial charge in [-0.15, -0.1) is 0 Å². The Labute approximate surface area is 196 Å². The molecule has 1 aliphatic rings. The Morgan fingerprint density at radius 3 is 2.61 bits per heavy atom. The number of nitrogens with one attached hydrogen (secondary N) is 1. The number of fused-ring (bicyclic) bond motifs is 1. The topological polar surface area (TPSA) is 90.5 Å². The molecule has 176 valence electrons. The lowest BCUT2D eigenvalue weighted by molar-refractivity contribution is 0.0282. The van der Waals surface area contributed by atoms with Crippen molar-refractivity contribution in [3.63, 3.8) is 0 Å². The molecule has 0 atom stereocenters. The van der Waals surface area contributed by atoms with Crippen molar-refractivity contribution in [1.29, 1.82) is 0 Å². The van der Waals surface area contributed by atoms with Crippen molar-refractivity contribution in [2.24, 2.45) is 10.7 Å². The number of β-amino-alcohol motifs (C(OH)–C–C–N with tert-alkyl or cyclic N) is 1. The Bertz CT molecular complexity index is 1150. The van der Waals surface area contributed by atoms with Crippen molar-refractivity contribution in [2.45, 2.75) is 64.9 Å². The fourth-order valence-corrected chi connectivity index (χ4v) is 5.18. The van der Waals surface area contributed by atoms with Gasteiger partial charge in [0, 0.05) is 28.7 Å². The molecule has 0 aliphatic carbocycles. The summed E-state index contributed by atoms with van der Waals surface area (Å²) >= 11 is 0. The predicted molar refractivity (Wildman–Crippen MR) is 137 cm³/mol. The van der Waals surface area contributed by atoms with Crippen LogP contribution in [0.15, 0.2) is 35.3 Å². The lowest BCUT2D eigenvalue weighted by Gasteiger charge is -2.35. The molecule has 0 bridgehead atoms. The van der Waals surface area contributed by atoms with Crippen LogP contribution in [0.5, 0.6) is 0 Å². The number of aliphatic imine (C=N–C) groups is 1. The number of hydrogen-bond donors (Lipinski definition) is 3. The average molecular weight is 448 g/mol. The molecule has 3 aromatic rings. The van der Waals surface area contributed by atoms with E-state index in [0.717, 1.165) is 54.9 Å². The first kappa shape index (κ1) is 23.5. The van der Waals surface area contributed by atoms with Crippen molar-refractivity contribution in [3.05, 3.63) is 47.2 Å². The molecular weight excluding hydrogens is 410 g/mol. The number of rotatable bonds is 6. The van der Waals surface area contributed by atoms with Crippen LogP contribution in [-0.2, 0) is 0 Å². The summed E-state index contributed by atoms with van der Waals surface area (Å²) in [5.74, 6) is 1.53. The number of likely N-dealkylation sites (tertiary alicyclic amines) is 1. The van der Waals surface area contributed by atoms with Crippen molar-refractivity contribution in [3.8, 4) is 11.3 Å². The van der Waals surface area contributed by atoms with Crippen LogP contribution in [0.25, 0.3) is 22.2 Å². The van der Waals surface area contributed by atoms with E-state index >= 15 is 0 Å². The van der Waals surface area contributed by atoms with Gasteiger partial charge in [0.2, 0.25) is 0 Å². The highest BCUT2D eigenvalue weighted by Gasteiger charge is 2.26. The first-order valence-electron chi connectivity index (χ1n) is 12.0. The number of piperidine rings is 1. The number of aromatic nitrogens is 2. The van der Waals surface area contributed by atoms with E-state index in [-0.39, 0.29) is 0 Å². The zero-order valence-electron chi connectivity index (χ0n) is 20.5. The van der Waals surface area contributed by atoms with Crippen LogP contribution < -0.4 is 5.73 Å². The van der Waals surface area contributed by atoms with Crippen molar-refractivity contribution < 1.29 is 5.11 Å². The van der Waals surface area contributed by atoms with Crippen molar-refractivity contribution >= 4 is 23.1 Å². The van der Waals surface area contributed by atoms with Gasteiger partial charge in [-0.2, -0.15) is 0 Å². The van der Waals surface area contributed by atoms with Gasteiger partial charge in [0.05, 0.1) is 17.6 Å². The molecule has 4 N–H and O–H groups in total. The second kappa shape index (κ2) is 9.27. The van der Waals surface area contributed by atoms with E-state index in [9.17, 15) is 5.11 Å². The number of aliphatic hydroxyl groups is 1. The minimum atomic E-state index is -0.642. The summed E-state index contributed by atoms with van der Waals surface area (Å²) in [7, 11) is 0. The highest BCUT2D eigenvalue weighted by molar-refractivity contribution is 5.93. The van der Waals surface area contributed by atoms with Crippen LogP contribution in [-0.4, -0.2) is 51.5 Å². The lowest BCUT2D eigenvalue weighted by atomic mass is 9.87. The molecule has 1 aliphatic heterocycles. The lowest BCUT2D eigenvalue weighted by Crippen LogP contribution is -2.42. The minimum absolute atomic E-state index is 0.341. The van der Waals surface area contributed by atoms with E-state index in [1.165, 1.54) is 22.9 Å². The Morgan fingerprint density at radius 2 is 1.97 bits per heavy atom. The van der Waals surface area contributed by atoms with E-state index in [4.69, 9.17) is 5.73 Å². The second-order valence-corrected chi connectivity index (χ2v) is 10.3. The molecule has 4 rings (SSSR count). The summed E-state index contributed by atoms with van der Waals surface area (Å²) in [6.07, 6.45) is 3.55. The van der Waals surface area contributed by atoms with Crippen LogP contribution in [0, 0.1) is 6.92 Å². The number of hydrogen-bond acceptors (Lipinski definition) is 4. The summed E-state index contributed by atoms with van der Waals surface area (Å²) in [5.41, 5.74) is 11.8. The molecule has 3 heterocycles. The van der Waals surface area contributed by atoms with Gasteiger partial charge < -0.3 is 20.7 Å². The number of aryl methyl sites for hydroxylation is 1. The van der Waals surface area contributed by atoms with Gasteiger partial charge in [-0.1, -0.05) is 19.9 Å². The molecule has 0 amide bonds. The van der Waals surface area contributed by atoms with Gasteiger partial charge in [0.1, 0.15) is 0 Å². The SMILES string of the molecule is Cc1ccc(-c2[nH]c3ccc(C4CCN(CC(C)(C)O)CC4)cc3c2C(C)C)c(/N=C\N)n1. The maximum Gasteiger partial charge on any atom is 0.163 e. The first-order chi connectivity index (χ1) is 15.7. The number of pyridine rings is 1. The molecule has 0 spiro atoms. The van der Waals surface area contributed by atoms with Crippen LogP contribution in [0.1, 0.15) is 69.2 Å². The Balaban J connectivity index is 1.69. The molecule has 0 unspecified atom stereocenters. The summed E-state index contributed by atoms with van der Waals surface area (Å²) in [4.78, 5) is 15.0. The summed E-state index contributed by atoms with van der Waals surface area (Å²) in [5, 5.41) is 11.4. The zero-order valence-corrected chi connectivity index (χ0v) is 20.5. The third-order valence-corrected chi connectivity index (χ3v) is 6.59. The third kappa shape index (κ3) is 5.12. The molecule has 1 fully saturated rings.